The number of nitrogens with two attached hydrogens (primary N) is 1. The molecule has 0 saturated carbocycles. The molecule has 2 aliphatic rings. The number of fused-ring (bicyclic) bond motifs is 1. The van der Waals surface area contributed by atoms with Gasteiger partial charge in [-0.05, 0) is 42.7 Å². The lowest BCUT2D eigenvalue weighted by Crippen LogP contribution is -2.50. The first-order valence-electron chi connectivity index (χ1n) is 8.57. The number of hydrogen-bond acceptors (Lipinski definition) is 3. The molecule has 1 aliphatic carbocycles. The minimum absolute atomic E-state index is 0.00566. The fourth-order valence-corrected chi connectivity index (χ4v) is 3.73. The Bertz CT molecular complexity index is 541. The van der Waals surface area contributed by atoms with Crippen LogP contribution in [0.5, 0.6) is 0 Å². The Labute approximate surface area is 138 Å². The quantitative estimate of drug-likeness (QED) is 0.893. The standard InChI is InChI=1S/C18H27N3O2/c1-23-11-8-13-6-9-21(10-7-13)18(22)20-16-12-14-4-2-3-5-15(14)17(16)19/h2-5,13,16-17H,6-12,19H2,1H3,(H,20,22)/t16-,17-/m1/s1. The van der Waals surface area contributed by atoms with E-state index in [2.05, 4.69) is 17.4 Å². The fraction of sp³-hybridized carbons (Fsp3) is 0.611. The van der Waals surface area contributed by atoms with Crippen LogP contribution in [0, 0.1) is 5.92 Å². The lowest BCUT2D eigenvalue weighted by molar-refractivity contribution is 0.138. The van der Waals surface area contributed by atoms with Gasteiger partial charge in [-0.1, -0.05) is 24.3 Å². The number of rotatable bonds is 4. The monoisotopic (exact) mass is 317 g/mol. The zero-order valence-electron chi connectivity index (χ0n) is 13.8. The average molecular weight is 317 g/mol. The summed E-state index contributed by atoms with van der Waals surface area (Å²) in [6.07, 6.45) is 4.05. The van der Waals surface area contributed by atoms with Crippen LogP contribution in [0.2, 0.25) is 0 Å². The summed E-state index contributed by atoms with van der Waals surface area (Å²) >= 11 is 0. The average Bonchev–Trinajstić information content (AvgIpc) is 2.90. The molecule has 5 nitrogen and oxygen atoms in total. The van der Waals surface area contributed by atoms with Crippen LogP contribution in [0.3, 0.4) is 0 Å². The summed E-state index contributed by atoms with van der Waals surface area (Å²) in [6, 6.07) is 8.13. The highest BCUT2D eigenvalue weighted by Crippen LogP contribution is 2.29. The molecule has 2 amide bonds. The maximum atomic E-state index is 12.5. The van der Waals surface area contributed by atoms with Crippen molar-refractivity contribution < 1.29 is 9.53 Å². The van der Waals surface area contributed by atoms with E-state index in [1.54, 1.807) is 7.11 Å². The van der Waals surface area contributed by atoms with Gasteiger partial charge < -0.3 is 20.7 Å². The first-order chi connectivity index (χ1) is 11.2. The van der Waals surface area contributed by atoms with Gasteiger partial charge in [-0.15, -0.1) is 0 Å². The highest BCUT2D eigenvalue weighted by molar-refractivity contribution is 5.75. The Morgan fingerprint density at radius 2 is 2.09 bits per heavy atom. The number of methoxy groups -OCH3 is 1. The van der Waals surface area contributed by atoms with Crippen molar-refractivity contribution in [3.63, 3.8) is 0 Å². The number of nitrogens with one attached hydrogen (secondary N) is 1. The summed E-state index contributed by atoms with van der Waals surface area (Å²) in [4.78, 5) is 14.4. The van der Waals surface area contributed by atoms with Crippen molar-refractivity contribution in [3.8, 4) is 0 Å². The predicted octanol–water partition coefficient (Wildman–Crippen LogP) is 2.07. The van der Waals surface area contributed by atoms with Crippen LogP contribution < -0.4 is 11.1 Å². The highest BCUT2D eigenvalue weighted by atomic mass is 16.5. The normalized spacial score (nSPS) is 24.5. The van der Waals surface area contributed by atoms with Crippen LogP contribution in [-0.4, -0.2) is 43.8 Å². The maximum Gasteiger partial charge on any atom is 0.317 e. The van der Waals surface area contributed by atoms with Crippen molar-refractivity contribution in [3.05, 3.63) is 35.4 Å². The number of nitrogens with zero attached hydrogens (tertiary/aromatic N) is 1. The van der Waals surface area contributed by atoms with Gasteiger partial charge in [0.25, 0.3) is 0 Å². The molecule has 1 aromatic carbocycles. The topological polar surface area (TPSA) is 67.6 Å². The summed E-state index contributed by atoms with van der Waals surface area (Å²) in [7, 11) is 1.74. The number of hydrogen-bond donors (Lipinski definition) is 2. The Kier molecular flexibility index (Phi) is 5.18. The number of carbonyl (C=O) groups excluding carboxylic acids is 1. The van der Waals surface area contributed by atoms with E-state index in [4.69, 9.17) is 10.5 Å². The molecule has 3 N–H and O–H groups in total. The molecule has 1 saturated heterocycles. The highest BCUT2D eigenvalue weighted by Gasteiger charge is 2.32. The zero-order chi connectivity index (χ0) is 16.2. The van der Waals surface area contributed by atoms with Crippen LogP contribution in [-0.2, 0) is 11.2 Å². The third kappa shape index (κ3) is 3.67. The Balaban J connectivity index is 1.49. The number of benzene rings is 1. The lowest BCUT2D eigenvalue weighted by atomic mass is 9.94. The van der Waals surface area contributed by atoms with Gasteiger partial charge in [0, 0.05) is 26.8 Å². The minimum Gasteiger partial charge on any atom is -0.385 e. The molecule has 23 heavy (non-hydrogen) atoms. The first-order valence-corrected chi connectivity index (χ1v) is 8.57. The molecule has 1 heterocycles. The molecule has 0 unspecified atom stereocenters. The molecular formula is C18H27N3O2. The van der Waals surface area contributed by atoms with E-state index < -0.39 is 0 Å². The van der Waals surface area contributed by atoms with Gasteiger partial charge in [0.1, 0.15) is 0 Å². The smallest absolute Gasteiger partial charge is 0.317 e. The van der Waals surface area contributed by atoms with Gasteiger partial charge in [-0.25, -0.2) is 4.79 Å². The molecule has 2 atom stereocenters. The van der Waals surface area contributed by atoms with E-state index in [-0.39, 0.29) is 18.1 Å². The second kappa shape index (κ2) is 7.32. The van der Waals surface area contributed by atoms with Crippen LogP contribution in [0.1, 0.15) is 36.4 Å². The van der Waals surface area contributed by atoms with E-state index in [1.165, 1.54) is 5.56 Å². The summed E-state index contributed by atoms with van der Waals surface area (Å²) in [5, 5.41) is 3.14. The maximum absolute atomic E-state index is 12.5. The van der Waals surface area contributed by atoms with E-state index in [1.807, 2.05) is 17.0 Å². The van der Waals surface area contributed by atoms with Crippen molar-refractivity contribution in [2.75, 3.05) is 26.8 Å². The summed E-state index contributed by atoms with van der Waals surface area (Å²) < 4.78 is 5.14. The van der Waals surface area contributed by atoms with Gasteiger partial charge in [0.05, 0.1) is 12.1 Å². The number of piperidine rings is 1. The van der Waals surface area contributed by atoms with Gasteiger partial charge in [0.15, 0.2) is 0 Å². The van der Waals surface area contributed by atoms with Gasteiger partial charge in [-0.2, -0.15) is 0 Å². The van der Waals surface area contributed by atoms with E-state index in [0.717, 1.165) is 50.9 Å². The van der Waals surface area contributed by atoms with Crippen LogP contribution in [0.25, 0.3) is 0 Å². The molecule has 126 valence electrons. The van der Waals surface area contributed by atoms with Crippen LogP contribution >= 0.6 is 0 Å². The summed E-state index contributed by atoms with van der Waals surface area (Å²) in [6.45, 7) is 2.47. The van der Waals surface area contributed by atoms with Crippen molar-refractivity contribution >= 4 is 6.03 Å². The van der Waals surface area contributed by atoms with Gasteiger partial charge >= 0.3 is 6.03 Å². The Morgan fingerprint density at radius 3 is 2.78 bits per heavy atom. The van der Waals surface area contributed by atoms with E-state index >= 15 is 0 Å². The SMILES string of the molecule is COCCC1CCN(C(=O)N[C@@H]2Cc3ccccc3[C@H]2N)CC1. The predicted molar refractivity (Wildman–Crippen MR) is 90.2 cm³/mol. The number of amides is 2. The number of carbonyl (C=O) groups is 1. The van der Waals surface area contributed by atoms with E-state index in [0.29, 0.717) is 5.92 Å². The lowest BCUT2D eigenvalue weighted by Gasteiger charge is -2.33. The van der Waals surface area contributed by atoms with Crippen molar-refractivity contribution in [2.24, 2.45) is 11.7 Å². The van der Waals surface area contributed by atoms with Crippen LogP contribution in [0.15, 0.2) is 24.3 Å². The van der Waals surface area contributed by atoms with Crippen molar-refractivity contribution in [1.82, 2.24) is 10.2 Å². The third-order valence-corrected chi connectivity index (χ3v) is 5.23. The largest absolute Gasteiger partial charge is 0.385 e. The molecule has 1 aromatic rings. The molecule has 0 spiro atoms. The second-order valence-corrected chi connectivity index (χ2v) is 6.70. The summed E-state index contributed by atoms with van der Waals surface area (Å²) in [5.74, 6) is 0.678. The summed E-state index contributed by atoms with van der Waals surface area (Å²) in [5.41, 5.74) is 8.71. The minimum atomic E-state index is -0.102. The van der Waals surface area contributed by atoms with Crippen molar-refractivity contribution in [2.45, 2.75) is 37.8 Å². The Morgan fingerprint density at radius 1 is 1.35 bits per heavy atom. The van der Waals surface area contributed by atoms with Gasteiger partial charge in [-0.3, -0.25) is 0 Å². The molecular weight excluding hydrogens is 290 g/mol. The Hall–Kier alpha value is -1.59. The first kappa shape index (κ1) is 16.3. The number of ether oxygens (including phenoxy) is 1. The third-order valence-electron chi connectivity index (χ3n) is 5.23. The van der Waals surface area contributed by atoms with E-state index in [9.17, 15) is 4.79 Å². The van der Waals surface area contributed by atoms with Crippen LogP contribution in [0.4, 0.5) is 4.79 Å². The number of urea groups is 1. The molecule has 0 aromatic heterocycles. The van der Waals surface area contributed by atoms with Gasteiger partial charge in [0.2, 0.25) is 0 Å². The van der Waals surface area contributed by atoms with Crippen molar-refractivity contribution in [1.29, 1.82) is 0 Å². The molecule has 1 aliphatic heterocycles. The molecule has 5 heteroatoms. The second-order valence-electron chi connectivity index (χ2n) is 6.70. The molecule has 0 bridgehead atoms. The molecule has 3 rings (SSSR count). The molecule has 0 radical (unpaired) electrons. The zero-order valence-corrected chi connectivity index (χ0v) is 13.8. The number of likely N-dealkylation sites (tertiary alicyclic amines) is 1. The fourth-order valence-electron chi connectivity index (χ4n) is 3.73. The molecule has 1 fully saturated rings.